The van der Waals surface area contributed by atoms with Gasteiger partial charge in [0.05, 0.1) is 16.8 Å². The number of carbonyl (C=O) groups is 1. The van der Waals surface area contributed by atoms with Crippen molar-refractivity contribution in [1.82, 2.24) is 19.0 Å². The van der Waals surface area contributed by atoms with Gasteiger partial charge in [-0.05, 0) is 36.4 Å². The summed E-state index contributed by atoms with van der Waals surface area (Å²) in [5.74, 6) is 1.30. The number of hydrogen-bond acceptors (Lipinski definition) is 3. The predicted molar refractivity (Wildman–Crippen MR) is 97.8 cm³/mol. The minimum atomic E-state index is 0.0241. The quantitative estimate of drug-likeness (QED) is 0.711. The van der Waals surface area contributed by atoms with Crippen LogP contribution in [0.4, 0.5) is 0 Å². The van der Waals surface area contributed by atoms with Gasteiger partial charge in [-0.3, -0.25) is 4.79 Å². The molecule has 5 rings (SSSR count). The molecule has 0 saturated carbocycles. The lowest BCUT2D eigenvalue weighted by Crippen LogP contribution is -2.34. The zero-order chi connectivity index (χ0) is 17.0. The van der Waals surface area contributed by atoms with Crippen molar-refractivity contribution in [2.75, 3.05) is 13.1 Å². The molecule has 0 aromatic carbocycles. The van der Waals surface area contributed by atoms with Gasteiger partial charge in [0.2, 0.25) is 0 Å². The minimum Gasteiger partial charge on any atom is -0.347 e. The summed E-state index contributed by atoms with van der Waals surface area (Å²) in [4.78, 5) is 20.9. The summed E-state index contributed by atoms with van der Waals surface area (Å²) in [7, 11) is 1.93. The smallest absolute Gasteiger partial charge is 0.270 e. The monoisotopic (exact) mass is 352 g/mol. The van der Waals surface area contributed by atoms with Crippen molar-refractivity contribution in [3.63, 3.8) is 0 Å². The number of rotatable bonds is 2. The van der Waals surface area contributed by atoms with Gasteiger partial charge in [0.25, 0.3) is 5.91 Å². The van der Waals surface area contributed by atoms with Crippen molar-refractivity contribution in [3.05, 3.63) is 53.6 Å². The second-order valence-electron chi connectivity index (χ2n) is 7.11. The number of imidazole rings is 1. The molecule has 3 aromatic rings. The summed E-state index contributed by atoms with van der Waals surface area (Å²) in [6, 6.07) is 8.06. The third-order valence-corrected chi connectivity index (χ3v) is 6.61. The van der Waals surface area contributed by atoms with Gasteiger partial charge in [-0.15, -0.1) is 11.3 Å². The first-order valence-electron chi connectivity index (χ1n) is 8.68. The molecule has 1 unspecified atom stereocenters. The lowest BCUT2D eigenvalue weighted by molar-refractivity contribution is 0.0773. The van der Waals surface area contributed by atoms with Crippen LogP contribution in [0.5, 0.6) is 0 Å². The van der Waals surface area contributed by atoms with Crippen molar-refractivity contribution in [3.8, 4) is 10.6 Å². The number of aryl methyl sites for hydroxylation is 1. The zero-order valence-corrected chi connectivity index (χ0v) is 15.0. The summed E-state index contributed by atoms with van der Waals surface area (Å²) >= 11 is 1.75. The predicted octanol–water partition coefficient (Wildman–Crippen LogP) is 3.14. The Hall–Kier alpha value is -2.34. The summed E-state index contributed by atoms with van der Waals surface area (Å²) in [5, 5.41) is 2.11. The van der Waals surface area contributed by atoms with Crippen LogP contribution in [0.1, 0.15) is 29.2 Å². The van der Waals surface area contributed by atoms with Crippen molar-refractivity contribution in [2.45, 2.75) is 24.8 Å². The molecule has 1 spiro atoms. The summed E-state index contributed by atoms with van der Waals surface area (Å²) < 4.78 is 4.26. The molecule has 0 aliphatic carbocycles. The van der Waals surface area contributed by atoms with Crippen LogP contribution in [0.15, 0.2) is 42.0 Å². The SMILES string of the molecule is Cn1cccc1C(=O)N1CCC2(CCn3c(-c4cccs4)cnc32)C1. The van der Waals surface area contributed by atoms with E-state index in [1.165, 1.54) is 10.6 Å². The van der Waals surface area contributed by atoms with Gasteiger partial charge in [-0.1, -0.05) is 6.07 Å². The van der Waals surface area contributed by atoms with E-state index in [-0.39, 0.29) is 11.3 Å². The van der Waals surface area contributed by atoms with Crippen LogP contribution in [0.2, 0.25) is 0 Å². The fraction of sp³-hybridized carbons (Fsp3) is 0.368. The Labute approximate surface area is 150 Å². The molecule has 2 aliphatic heterocycles. The molecule has 1 saturated heterocycles. The highest BCUT2D eigenvalue weighted by atomic mass is 32.1. The van der Waals surface area contributed by atoms with E-state index in [4.69, 9.17) is 4.98 Å². The number of aromatic nitrogens is 3. The largest absolute Gasteiger partial charge is 0.347 e. The van der Waals surface area contributed by atoms with E-state index in [0.29, 0.717) is 0 Å². The van der Waals surface area contributed by atoms with Crippen molar-refractivity contribution in [2.24, 2.45) is 7.05 Å². The van der Waals surface area contributed by atoms with Crippen LogP contribution in [0.25, 0.3) is 10.6 Å². The highest BCUT2D eigenvalue weighted by molar-refractivity contribution is 7.13. The Morgan fingerprint density at radius 3 is 2.88 bits per heavy atom. The molecule has 1 atom stereocenters. The van der Waals surface area contributed by atoms with Crippen molar-refractivity contribution < 1.29 is 4.79 Å². The van der Waals surface area contributed by atoms with Crippen LogP contribution in [0, 0.1) is 0 Å². The number of likely N-dealkylation sites (tertiary alicyclic amines) is 1. The molecule has 25 heavy (non-hydrogen) atoms. The first-order chi connectivity index (χ1) is 12.2. The maximum absolute atomic E-state index is 12.9. The van der Waals surface area contributed by atoms with Crippen LogP contribution < -0.4 is 0 Å². The lowest BCUT2D eigenvalue weighted by atomic mass is 9.85. The average Bonchev–Trinajstić information content (AvgIpc) is 3.38. The fourth-order valence-corrected chi connectivity index (χ4v) is 5.11. The van der Waals surface area contributed by atoms with Crippen molar-refractivity contribution in [1.29, 1.82) is 0 Å². The molecule has 128 valence electrons. The number of carbonyl (C=O) groups excluding carboxylic acids is 1. The topological polar surface area (TPSA) is 43.1 Å². The molecule has 1 fully saturated rings. The number of nitrogens with zero attached hydrogens (tertiary/aromatic N) is 4. The molecule has 0 radical (unpaired) electrons. The number of thiophene rings is 1. The van der Waals surface area contributed by atoms with Gasteiger partial charge in [0.15, 0.2) is 0 Å². The Morgan fingerprint density at radius 1 is 1.24 bits per heavy atom. The maximum atomic E-state index is 12.9. The molecule has 1 amide bonds. The Morgan fingerprint density at radius 2 is 2.12 bits per heavy atom. The van der Waals surface area contributed by atoms with E-state index in [9.17, 15) is 4.79 Å². The molecule has 5 nitrogen and oxygen atoms in total. The maximum Gasteiger partial charge on any atom is 0.270 e. The first kappa shape index (κ1) is 15.0. The molecule has 5 heterocycles. The third-order valence-electron chi connectivity index (χ3n) is 5.72. The van der Waals surface area contributed by atoms with E-state index in [2.05, 4.69) is 22.1 Å². The zero-order valence-electron chi connectivity index (χ0n) is 14.2. The average molecular weight is 352 g/mol. The second-order valence-corrected chi connectivity index (χ2v) is 8.06. The standard InChI is InChI=1S/C19H20N4OS/c1-21-8-2-4-14(21)17(24)22-9-6-19(13-22)7-10-23-15(12-20-18(19)23)16-5-3-11-25-16/h2-5,8,11-12H,6-7,9-10,13H2,1H3. The minimum absolute atomic E-state index is 0.0241. The number of hydrogen-bond donors (Lipinski definition) is 0. The van der Waals surface area contributed by atoms with Crippen LogP contribution >= 0.6 is 11.3 Å². The van der Waals surface area contributed by atoms with Gasteiger partial charge in [0, 0.05) is 38.3 Å². The number of fused-ring (bicyclic) bond motifs is 2. The lowest BCUT2D eigenvalue weighted by Gasteiger charge is -2.22. The summed E-state index contributed by atoms with van der Waals surface area (Å²) in [6.07, 6.45) is 6.01. The van der Waals surface area contributed by atoms with E-state index < -0.39 is 0 Å². The molecule has 6 heteroatoms. The highest BCUT2D eigenvalue weighted by Crippen LogP contribution is 2.44. The highest BCUT2D eigenvalue weighted by Gasteiger charge is 2.48. The molecule has 0 N–H and O–H groups in total. The van der Waals surface area contributed by atoms with Gasteiger partial charge in [0.1, 0.15) is 11.5 Å². The van der Waals surface area contributed by atoms with E-state index in [1.54, 1.807) is 11.3 Å². The fourth-order valence-electron chi connectivity index (χ4n) is 4.36. The summed E-state index contributed by atoms with van der Waals surface area (Å²) in [5.41, 5.74) is 2.00. The van der Waals surface area contributed by atoms with Gasteiger partial charge < -0.3 is 14.0 Å². The van der Waals surface area contributed by atoms with E-state index in [0.717, 1.165) is 44.0 Å². The van der Waals surface area contributed by atoms with Crippen LogP contribution in [0.3, 0.4) is 0 Å². The Bertz CT molecular complexity index is 939. The molecular formula is C19H20N4OS. The molecule has 2 aliphatic rings. The normalized spacial score (nSPS) is 22.0. The van der Waals surface area contributed by atoms with E-state index in [1.807, 2.05) is 41.0 Å². The second kappa shape index (κ2) is 5.33. The molecule has 0 bridgehead atoms. The van der Waals surface area contributed by atoms with Crippen LogP contribution in [-0.2, 0) is 19.0 Å². The Kier molecular flexibility index (Phi) is 3.19. The number of amides is 1. The van der Waals surface area contributed by atoms with Crippen LogP contribution in [-0.4, -0.2) is 38.0 Å². The van der Waals surface area contributed by atoms with Gasteiger partial charge in [-0.25, -0.2) is 4.98 Å². The summed E-state index contributed by atoms with van der Waals surface area (Å²) in [6.45, 7) is 2.58. The third kappa shape index (κ3) is 2.13. The molecular weight excluding hydrogens is 332 g/mol. The van der Waals surface area contributed by atoms with Gasteiger partial charge >= 0.3 is 0 Å². The van der Waals surface area contributed by atoms with Gasteiger partial charge in [-0.2, -0.15) is 0 Å². The molecule has 3 aromatic heterocycles. The van der Waals surface area contributed by atoms with E-state index >= 15 is 0 Å². The Balaban J connectivity index is 1.44. The first-order valence-corrected chi connectivity index (χ1v) is 9.56. The van der Waals surface area contributed by atoms with Crippen molar-refractivity contribution >= 4 is 17.2 Å².